The van der Waals surface area contributed by atoms with Gasteiger partial charge in [-0.15, -0.1) is 0 Å². The summed E-state index contributed by atoms with van der Waals surface area (Å²) in [5.74, 6) is -0.0167. The largest absolute Gasteiger partial charge is 0.493 e. The summed E-state index contributed by atoms with van der Waals surface area (Å²) >= 11 is 0. The third kappa shape index (κ3) is 3.41. The Morgan fingerprint density at radius 2 is 1.76 bits per heavy atom. The first-order chi connectivity index (χ1) is 16.0. The Morgan fingerprint density at radius 3 is 2.48 bits per heavy atom. The first-order valence-corrected chi connectivity index (χ1v) is 11.3. The number of carbonyl (C=O) groups is 3. The summed E-state index contributed by atoms with van der Waals surface area (Å²) < 4.78 is 10.9. The van der Waals surface area contributed by atoms with Crippen molar-refractivity contribution in [1.29, 1.82) is 0 Å². The van der Waals surface area contributed by atoms with E-state index < -0.39 is 6.17 Å². The molecule has 1 N–H and O–H groups in total. The Kier molecular flexibility index (Phi) is 5.44. The van der Waals surface area contributed by atoms with Gasteiger partial charge in [0.2, 0.25) is 5.91 Å². The van der Waals surface area contributed by atoms with E-state index in [1.165, 1.54) is 25.5 Å². The maximum absolute atomic E-state index is 13.6. The lowest BCUT2D eigenvalue weighted by molar-refractivity contribution is -0.123. The topological polar surface area (TPSA) is 88.2 Å². The Balaban J connectivity index is 1.56. The van der Waals surface area contributed by atoms with Crippen molar-refractivity contribution in [2.75, 3.05) is 25.7 Å². The maximum atomic E-state index is 13.6. The number of methoxy groups -OCH3 is 2. The van der Waals surface area contributed by atoms with Crippen molar-refractivity contribution in [2.24, 2.45) is 0 Å². The standard InChI is InChI=1S/C25H27N3O5/c1-32-19-13-12-17-21(22(19)33-2)25(31)28-18-11-7-6-10-16(18)24(30)27(23(17)28)14-20(29)26-15-8-4-3-5-9-15/h6-7,10-13,15,23H,3-5,8-9,14H2,1-2H3,(H,26,29)/t23-/m0/s1. The first kappa shape index (κ1) is 21.3. The molecule has 1 saturated carbocycles. The smallest absolute Gasteiger partial charge is 0.264 e. The number of rotatable bonds is 5. The van der Waals surface area contributed by atoms with E-state index in [0.29, 0.717) is 33.9 Å². The Labute approximate surface area is 192 Å². The first-order valence-electron chi connectivity index (χ1n) is 11.3. The van der Waals surface area contributed by atoms with E-state index in [2.05, 4.69) is 5.32 Å². The third-order valence-corrected chi connectivity index (χ3v) is 6.77. The van der Waals surface area contributed by atoms with Gasteiger partial charge in [0.25, 0.3) is 11.8 Å². The fourth-order valence-corrected chi connectivity index (χ4v) is 5.26. The van der Waals surface area contributed by atoms with E-state index >= 15 is 0 Å². The molecule has 2 aromatic rings. The van der Waals surface area contributed by atoms with Crippen LogP contribution in [0, 0.1) is 0 Å². The van der Waals surface area contributed by atoms with Crippen molar-refractivity contribution in [2.45, 2.75) is 44.3 Å². The van der Waals surface area contributed by atoms with Gasteiger partial charge in [-0.2, -0.15) is 0 Å². The zero-order valence-corrected chi connectivity index (χ0v) is 18.8. The number of amides is 3. The monoisotopic (exact) mass is 449 g/mol. The molecule has 0 unspecified atom stereocenters. The molecule has 8 heteroatoms. The predicted octanol–water partition coefficient (Wildman–Crippen LogP) is 3.27. The van der Waals surface area contributed by atoms with Crippen molar-refractivity contribution in [3.8, 4) is 11.5 Å². The number of para-hydroxylation sites is 1. The molecular weight excluding hydrogens is 422 g/mol. The number of hydrogen-bond acceptors (Lipinski definition) is 5. The van der Waals surface area contributed by atoms with Gasteiger partial charge in [0.15, 0.2) is 11.5 Å². The van der Waals surface area contributed by atoms with Gasteiger partial charge in [-0.25, -0.2) is 0 Å². The van der Waals surface area contributed by atoms with E-state index in [1.807, 2.05) is 0 Å². The molecule has 0 aromatic heterocycles. The van der Waals surface area contributed by atoms with Gasteiger partial charge in [-0.3, -0.25) is 19.3 Å². The van der Waals surface area contributed by atoms with Gasteiger partial charge in [0.05, 0.1) is 31.0 Å². The molecule has 8 nitrogen and oxygen atoms in total. The van der Waals surface area contributed by atoms with Gasteiger partial charge in [-0.1, -0.05) is 37.5 Å². The normalized spacial score (nSPS) is 19.6. The number of carbonyl (C=O) groups excluding carboxylic acids is 3. The molecule has 172 valence electrons. The summed E-state index contributed by atoms with van der Waals surface area (Å²) in [7, 11) is 2.99. The summed E-state index contributed by atoms with van der Waals surface area (Å²) in [6, 6.07) is 10.6. The van der Waals surface area contributed by atoms with Gasteiger partial charge in [0.1, 0.15) is 12.7 Å². The fourth-order valence-electron chi connectivity index (χ4n) is 5.26. The lowest BCUT2D eigenvalue weighted by Gasteiger charge is -2.40. The molecule has 0 saturated heterocycles. The summed E-state index contributed by atoms with van der Waals surface area (Å²) in [6.45, 7) is -0.133. The molecule has 1 aliphatic carbocycles. The van der Waals surface area contributed by atoms with Gasteiger partial charge in [-0.05, 0) is 31.0 Å². The van der Waals surface area contributed by atoms with Gasteiger partial charge < -0.3 is 19.7 Å². The molecule has 5 rings (SSSR count). The highest BCUT2D eigenvalue weighted by Gasteiger charge is 2.50. The molecule has 0 radical (unpaired) electrons. The highest BCUT2D eigenvalue weighted by molar-refractivity contribution is 6.18. The van der Waals surface area contributed by atoms with Crippen LogP contribution in [0.4, 0.5) is 5.69 Å². The second kappa shape index (κ2) is 8.42. The number of benzene rings is 2. The molecule has 0 bridgehead atoms. The molecule has 2 heterocycles. The lowest BCUT2D eigenvalue weighted by Crippen LogP contribution is -2.52. The molecule has 3 amide bonds. The van der Waals surface area contributed by atoms with Crippen molar-refractivity contribution in [3.63, 3.8) is 0 Å². The maximum Gasteiger partial charge on any atom is 0.264 e. The van der Waals surface area contributed by atoms with Crippen molar-refractivity contribution < 1.29 is 23.9 Å². The number of nitrogens with one attached hydrogen (secondary N) is 1. The Bertz CT molecular complexity index is 1130. The van der Waals surface area contributed by atoms with E-state index in [4.69, 9.17) is 9.47 Å². The molecule has 2 aliphatic heterocycles. The van der Waals surface area contributed by atoms with Crippen LogP contribution in [0.5, 0.6) is 11.5 Å². The number of hydrogen-bond donors (Lipinski definition) is 1. The minimum Gasteiger partial charge on any atom is -0.493 e. The van der Waals surface area contributed by atoms with E-state index in [9.17, 15) is 14.4 Å². The van der Waals surface area contributed by atoms with Crippen molar-refractivity contribution in [1.82, 2.24) is 10.2 Å². The van der Waals surface area contributed by atoms with Crippen LogP contribution in [0.25, 0.3) is 0 Å². The van der Waals surface area contributed by atoms with Crippen LogP contribution in [0.15, 0.2) is 36.4 Å². The minimum atomic E-state index is -0.730. The summed E-state index contributed by atoms with van der Waals surface area (Å²) in [5, 5.41) is 3.09. The van der Waals surface area contributed by atoms with Crippen LogP contribution in [0.2, 0.25) is 0 Å². The second-order valence-electron chi connectivity index (χ2n) is 8.67. The van der Waals surface area contributed by atoms with Crippen LogP contribution in [-0.2, 0) is 4.79 Å². The summed E-state index contributed by atoms with van der Waals surface area (Å²) in [5.41, 5.74) is 1.89. The molecule has 1 atom stereocenters. The van der Waals surface area contributed by atoms with Gasteiger partial charge >= 0.3 is 0 Å². The number of fused-ring (bicyclic) bond motifs is 5. The fraction of sp³-hybridized carbons (Fsp3) is 0.400. The second-order valence-corrected chi connectivity index (χ2v) is 8.67. The third-order valence-electron chi connectivity index (χ3n) is 6.77. The minimum absolute atomic E-state index is 0.133. The zero-order chi connectivity index (χ0) is 23.1. The Morgan fingerprint density at radius 1 is 1.00 bits per heavy atom. The van der Waals surface area contributed by atoms with E-state index in [0.717, 1.165) is 25.7 Å². The highest BCUT2D eigenvalue weighted by atomic mass is 16.5. The summed E-state index contributed by atoms with van der Waals surface area (Å²) in [4.78, 5) is 43.2. The highest BCUT2D eigenvalue weighted by Crippen LogP contribution is 2.49. The average Bonchev–Trinajstić information content (AvgIpc) is 3.14. The predicted molar refractivity (Wildman–Crippen MR) is 122 cm³/mol. The van der Waals surface area contributed by atoms with Crippen molar-refractivity contribution >= 4 is 23.4 Å². The van der Waals surface area contributed by atoms with E-state index in [-0.39, 0.29) is 30.3 Å². The van der Waals surface area contributed by atoms with Crippen LogP contribution < -0.4 is 19.7 Å². The average molecular weight is 450 g/mol. The van der Waals surface area contributed by atoms with Crippen LogP contribution >= 0.6 is 0 Å². The number of nitrogens with zero attached hydrogens (tertiary/aromatic N) is 2. The quantitative estimate of drug-likeness (QED) is 0.757. The van der Waals surface area contributed by atoms with Crippen molar-refractivity contribution in [3.05, 3.63) is 53.1 Å². The Hall–Kier alpha value is -3.55. The molecule has 3 aliphatic rings. The van der Waals surface area contributed by atoms with E-state index in [1.54, 1.807) is 41.3 Å². The SMILES string of the molecule is COc1ccc2c(c1OC)C(=O)N1c3ccccc3C(=O)N(CC(=O)NC3CCCCC3)[C@H]21. The zero-order valence-electron chi connectivity index (χ0n) is 18.8. The van der Waals surface area contributed by atoms with Crippen LogP contribution in [0.3, 0.4) is 0 Å². The molecule has 1 fully saturated rings. The van der Waals surface area contributed by atoms with Gasteiger partial charge in [0, 0.05) is 11.6 Å². The lowest BCUT2D eigenvalue weighted by atomic mass is 9.95. The van der Waals surface area contributed by atoms with Crippen LogP contribution in [-0.4, -0.2) is 49.4 Å². The van der Waals surface area contributed by atoms with Crippen LogP contribution in [0.1, 0.15) is 64.5 Å². The molecule has 0 spiro atoms. The number of ether oxygens (including phenoxy) is 2. The molecule has 33 heavy (non-hydrogen) atoms. The summed E-state index contributed by atoms with van der Waals surface area (Å²) in [6.07, 6.45) is 4.57. The molecule has 2 aromatic carbocycles. The molecular formula is C25H27N3O5. The number of anilines is 1.